The maximum atomic E-state index is 13.3. The van der Waals surface area contributed by atoms with Gasteiger partial charge in [0.05, 0.1) is 16.1 Å². The van der Waals surface area contributed by atoms with Gasteiger partial charge in [-0.2, -0.15) is 5.26 Å². The van der Waals surface area contributed by atoms with Gasteiger partial charge >= 0.3 is 0 Å². The number of halogens is 2. The number of nitrogens with one attached hydrogen (secondary N) is 1. The molecule has 1 N–H and O–H groups in total. The van der Waals surface area contributed by atoms with E-state index in [-0.39, 0.29) is 10.0 Å². The van der Waals surface area contributed by atoms with Crippen LogP contribution >= 0.6 is 15.9 Å². The number of benzene rings is 1. The molecule has 3 nitrogen and oxygen atoms in total. The fraction of sp³-hybridized carbons (Fsp3) is 0.385. The SMILES string of the molecule is N#CC1(NC(=O)c2cccc(F)c2Br)CCCC1. The molecule has 1 aliphatic rings. The third kappa shape index (κ3) is 2.39. The Morgan fingerprint density at radius 3 is 2.72 bits per heavy atom. The topological polar surface area (TPSA) is 52.9 Å². The van der Waals surface area contributed by atoms with Gasteiger partial charge in [-0.05, 0) is 53.7 Å². The number of amides is 1. The number of hydrogen-bond donors (Lipinski definition) is 1. The van der Waals surface area contributed by atoms with Gasteiger partial charge in [-0.15, -0.1) is 0 Å². The third-order valence-corrected chi connectivity index (χ3v) is 4.03. The standard InChI is InChI=1S/C13H12BrFN2O/c14-11-9(4-3-5-10(11)15)12(18)17-13(8-16)6-1-2-7-13/h3-5H,1-2,6-7H2,(H,17,18). The fourth-order valence-electron chi connectivity index (χ4n) is 2.21. The summed E-state index contributed by atoms with van der Waals surface area (Å²) >= 11 is 3.05. The second kappa shape index (κ2) is 5.07. The lowest BCUT2D eigenvalue weighted by molar-refractivity contribution is 0.0919. The Labute approximate surface area is 113 Å². The van der Waals surface area contributed by atoms with Crippen molar-refractivity contribution in [2.24, 2.45) is 0 Å². The van der Waals surface area contributed by atoms with Gasteiger partial charge in [0.1, 0.15) is 11.4 Å². The normalized spacial score (nSPS) is 17.2. The molecule has 0 saturated heterocycles. The van der Waals surface area contributed by atoms with Gasteiger partial charge in [0.25, 0.3) is 5.91 Å². The Morgan fingerprint density at radius 1 is 1.44 bits per heavy atom. The molecule has 1 fully saturated rings. The van der Waals surface area contributed by atoms with Crippen molar-refractivity contribution in [3.8, 4) is 6.07 Å². The number of carbonyl (C=O) groups is 1. The van der Waals surface area contributed by atoms with Gasteiger partial charge in [-0.25, -0.2) is 4.39 Å². The Morgan fingerprint density at radius 2 is 2.11 bits per heavy atom. The summed E-state index contributed by atoms with van der Waals surface area (Å²) in [5.74, 6) is -0.898. The quantitative estimate of drug-likeness (QED) is 0.912. The molecule has 0 aliphatic heterocycles. The molecule has 94 valence electrons. The van der Waals surface area contributed by atoms with E-state index < -0.39 is 17.3 Å². The number of hydrogen-bond acceptors (Lipinski definition) is 2. The Kier molecular flexibility index (Phi) is 3.67. The van der Waals surface area contributed by atoms with Crippen LogP contribution in [0.2, 0.25) is 0 Å². The van der Waals surface area contributed by atoms with Crippen LogP contribution in [0.15, 0.2) is 22.7 Å². The van der Waals surface area contributed by atoms with Gasteiger partial charge in [-0.3, -0.25) is 4.79 Å². The van der Waals surface area contributed by atoms with E-state index in [0.29, 0.717) is 12.8 Å². The zero-order chi connectivity index (χ0) is 13.2. The first-order valence-electron chi connectivity index (χ1n) is 5.76. The number of carbonyl (C=O) groups excluding carboxylic acids is 1. The van der Waals surface area contributed by atoms with E-state index >= 15 is 0 Å². The molecule has 5 heteroatoms. The molecule has 1 aromatic rings. The molecule has 0 atom stereocenters. The average Bonchev–Trinajstić information content (AvgIpc) is 2.81. The number of nitriles is 1. The second-order valence-corrected chi connectivity index (χ2v) is 5.25. The van der Waals surface area contributed by atoms with E-state index in [1.807, 2.05) is 0 Å². The van der Waals surface area contributed by atoms with Crippen molar-refractivity contribution in [3.05, 3.63) is 34.1 Å². The minimum Gasteiger partial charge on any atom is -0.334 e. The number of rotatable bonds is 2. The summed E-state index contributed by atoms with van der Waals surface area (Å²) in [5, 5.41) is 11.9. The Hall–Kier alpha value is -1.41. The zero-order valence-corrected chi connectivity index (χ0v) is 11.3. The molecule has 1 aromatic carbocycles. The monoisotopic (exact) mass is 310 g/mol. The zero-order valence-electron chi connectivity index (χ0n) is 9.67. The molecule has 1 aliphatic carbocycles. The van der Waals surface area contributed by atoms with Crippen molar-refractivity contribution in [1.82, 2.24) is 5.32 Å². The van der Waals surface area contributed by atoms with Crippen LogP contribution in [0.3, 0.4) is 0 Å². The molecular formula is C13H12BrFN2O. The summed E-state index contributed by atoms with van der Waals surface area (Å²) in [4.78, 5) is 12.1. The van der Waals surface area contributed by atoms with Gasteiger partial charge in [0, 0.05) is 0 Å². The summed E-state index contributed by atoms with van der Waals surface area (Å²) in [6.45, 7) is 0. The Balaban J connectivity index is 2.22. The lowest BCUT2D eigenvalue weighted by Crippen LogP contribution is -2.45. The fourth-order valence-corrected chi connectivity index (χ4v) is 2.65. The van der Waals surface area contributed by atoms with Crippen LogP contribution in [-0.2, 0) is 0 Å². The third-order valence-electron chi connectivity index (χ3n) is 3.22. The first-order valence-corrected chi connectivity index (χ1v) is 6.55. The molecule has 0 unspecified atom stereocenters. The predicted octanol–water partition coefficient (Wildman–Crippen LogP) is 3.15. The van der Waals surface area contributed by atoms with E-state index in [4.69, 9.17) is 0 Å². The van der Waals surface area contributed by atoms with Crippen molar-refractivity contribution in [2.45, 2.75) is 31.2 Å². The van der Waals surface area contributed by atoms with Crippen molar-refractivity contribution in [2.75, 3.05) is 0 Å². The minimum absolute atomic E-state index is 0.133. The first kappa shape index (κ1) is 13.0. The van der Waals surface area contributed by atoms with E-state index in [9.17, 15) is 14.4 Å². The summed E-state index contributed by atoms with van der Waals surface area (Å²) in [5.41, 5.74) is -0.570. The summed E-state index contributed by atoms with van der Waals surface area (Å²) in [6.07, 6.45) is 3.17. The van der Waals surface area contributed by atoms with E-state index in [1.165, 1.54) is 18.2 Å². The predicted molar refractivity (Wildman–Crippen MR) is 68.4 cm³/mol. The molecule has 1 saturated carbocycles. The highest BCUT2D eigenvalue weighted by molar-refractivity contribution is 9.10. The van der Waals surface area contributed by atoms with Gasteiger partial charge < -0.3 is 5.32 Å². The highest BCUT2D eigenvalue weighted by Gasteiger charge is 2.36. The maximum Gasteiger partial charge on any atom is 0.253 e. The summed E-state index contributed by atoms with van der Waals surface area (Å²) < 4.78 is 13.5. The summed E-state index contributed by atoms with van der Waals surface area (Å²) in [6, 6.07) is 6.45. The van der Waals surface area contributed by atoms with Crippen LogP contribution < -0.4 is 5.32 Å². The smallest absolute Gasteiger partial charge is 0.253 e. The number of nitrogens with zero attached hydrogens (tertiary/aromatic N) is 1. The van der Waals surface area contributed by atoms with E-state index in [0.717, 1.165) is 12.8 Å². The largest absolute Gasteiger partial charge is 0.334 e. The van der Waals surface area contributed by atoms with Crippen LogP contribution in [0, 0.1) is 17.1 Å². The Bertz CT molecular complexity index is 518. The molecule has 0 heterocycles. The molecule has 0 radical (unpaired) electrons. The molecule has 0 spiro atoms. The first-order chi connectivity index (χ1) is 8.58. The maximum absolute atomic E-state index is 13.3. The van der Waals surface area contributed by atoms with Crippen LogP contribution in [0.5, 0.6) is 0 Å². The average molecular weight is 311 g/mol. The van der Waals surface area contributed by atoms with Gasteiger partial charge in [0.2, 0.25) is 0 Å². The molecular weight excluding hydrogens is 299 g/mol. The lowest BCUT2D eigenvalue weighted by atomic mass is 9.99. The van der Waals surface area contributed by atoms with Crippen LogP contribution in [0.1, 0.15) is 36.0 Å². The molecule has 2 rings (SSSR count). The van der Waals surface area contributed by atoms with Gasteiger partial charge in [-0.1, -0.05) is 6.07 Å². The van der Waals surface area contributed by atoms with E-state index in [1.54, 1.807) is 0 Å². The highest BCUT2D eigenvalue weighted by atomic mass is 79.9. The highest BCUT2D eigenvalue weighted by Crippen LogP contribution is 2.30. The molecule has 0 bridgehead atoms. The van der Waals surface area contributed by atoms with Crippen molar-refractivity contribution in [3.63, 3.8) is 0 Å². The lowest BCUT2D eigenvalue weighted by Gasteiger charge is -2.22. The van der Waals surface area contributed by atoms with Crippen molar-refractivity contribution < 1.29 is 9.18 Å². The second-order valence-electron chi connectivity index (χ2n) is 4.46. The van der Waals surface area contributed by atoms with Crippen molar-refractivity contribution in [1.29, 1.82) is 5.26 Å². The molecule has 1 amide bonds. The van der Waals surface area contributed by atoms with Crippen LogP contribution in [-0.4, -0.2) is 11.4 Å². The minimum atomic E-state index is -0.789. The van der Waals surface area contributed by atoms with Crippen LogP contribution in [0.25, 0.3) is 0 Å². The van der Waals surface area contributed by atoms with E-state index in [2.05, 4.69) is 27.3 Å². The molecule has 0 aromatic heterocycles. The summed E-state index contributed by atoms with van der Waals surface area (Å²) in [7, 11) is 0. The van der Waals surface area contributed by atoms with Gasteiger partial charge in [0.15, 0.2) is 0 Å². The molecule has 18 heavy (non-hydrogen) atoms. The van der Waals surface area contributed by atoms with Crippen LogP contribution in [0.4, 0.5) is 4.39 Å². The van der Waals surface area contributed by atoms with Crippen molar-refractivity contribution >= 4 is 21.8 Å².